The number of carbonyl (C=O) groups is 2. The Hall–Kier alpha value is -3.60. The van der Waals surface area contributed by atoms with Crippen LogP contribution in [0.25, 0.3) is 11.1 Å². The lowest BCUT2D eigenvalue weighted by atomic mass is 9.92. The highest BCUT2D eigenvalue weighted by Crippen LogP contribution is 2.37. The van der Waals surface area contributed by atoms with Crippen LogP contribution >= 0.6 is 0 Å². The third-order valence-electron chi connectivity index (χ3n) is 6.82. The third-order valence-corrected chi connectivity index (χ3v) is 6.82. The molecule has 194 valence electrons. The van der Waals surface area contributed by atoms with Crippen LogP contribution in [0.4, 0.5) is 11.4 Å². The Bertz CT molecular complexity index is 1320. The second-order valence-electron chi connectivity index (χ2n) is 10.2. The number of hydrogen-bond acceptors (Lipinski definition) is 3. The van der Waals surface area contributed by atoms with Crippen LogP contribution in [0.3, 0.4) is 0 Å². The first kappa shape index (κ1) is 23.8. The average Bonchev–Trinajstić information content (AvgIpc) is 2.91. The van der Waals surface area contributed by atoms with Crippen molar-refractivity contribution >= 4 is 23.3 Å². The molecule has 1 aliphatic carbocycles. The molecule has 1 saturated carbocycles. The van der Waals surface area contributed by atoms with E-state index in [1.165, 1.54) is 0 Å². The Morgan fingerprint density at radius 3 is 2.41 bits per heavy atom. The molecule has 0 heterocycles. The van der Waals surface area contributed by atoms with Crippen molar-refractivity contribution < 1.29 is 17.4 Å². The molecule has 37 heavy (non-hydrogen) atoms. The Labute approximate surface area is 223 Å². The zero-order valence-electron chi connectivity index (χ0n) is 24.0. The van der Waals surface area contributed by atoms with E-state index in [0.29, 0.717) is 22.5 Å². The van der Waals surface area contributed by atoms with Crippen molar-refractivity contribution in [2.45, 2.75) is 65.3 Å². The second kappa shape index (κ2) is 12.1. The van der Waals surface area contributed by atoms with Crippen molar-refractivity contribution in [1.29, 1.82) is 0 Å². The lowest BCUT2D eigenvalue weighted by Crippen LogP contribution is -2.40. The van der Waals surface area contributed by atoms with Gasteiger partial charge in [-0.15, -0.1) is 0 Å². The predicted octanol–water partition coefficient (Wildman–Crippen LogP) is 7.34. The van der Waals surface area contributed by atoms with E-state index < -0.39 is 12.5 Å². The van der Waals surface area contributed by atoms with E-state index in [1.54, 1.807) is 30.3 Å². The molecule has 3 aromatic rings. The summed E-state index contributed by atoms with van der Waals surface area (Å²) in [7, 11) is 0. The summed E-state index contributed by atoms with van der Waals surface area (Å²) in [5, 5.41) is 12.8. The summed E-state index contributed by atoms with van der Waals surface area (Å²) >= 11 is 0. The molecule has 0 atom stereocenters. The molecule has 0 aromatic heterocycles. The minimum atomic E-state index is -1.65. The number of anilines is 2. The molecule has 0 bridgehead atoms. The Balaban J connectivity index is 1.81. The van der Waals surface area contributed by atoms with Crippen molar-refractivity contribution in [3.8, 4) is 11.1 Å². The van der Waals surface area contributed by atoms with Gasteiger partial charge in [0.1, 0.15) is 0 Å². The fourth-order valence-electron chi connectivity index (χ4n) is 5.01. The van der Waals surface area contributed by atoms with Crippen molar-refractivity contribution in [3.63, 3.8) is 0 Å². The van der Waals surface area contributed by atoms with Crippen LogP contribution in [0.2, 0.25) is 0 Å². The van der Waals surface area contributed by atoms with E-state index in [1.807, 2.05) is 62.1 Å². The number of benzene rings is 3. The van der Waals surface area contributed by atoms with Gasteiger partial charge in [-0.3, -0.25) is 4.79 Å². The zero-order valence-corrected chi connectivity index (χ0v) is 22.0. The normalized spacial score (nSPS) is 15.1. The maximum Gasteiger partial charge on any atom is 0.336 e. The molecule has 2 N–H and O–H groups in total. The molecule has 1 amide bonds. The van der Waals surface area contributed by atoms with Gasteiger partial charge in [0.2, 0.25) is 5.91 Å². The standard InChI is InChI=1S/C32H38N2O3/c1-22(2)21-34(26-9-5-4-6-10-26)30-18-17-25(27-11-7-8-12-28(27)32(36)37)20-29(30)33-31(35)19-24-15-13-23(3)14-16-24/h7-8,11-18,20,22,26H,4-6,9-10,19,21H2,1-3H3,(H,33,35)(H,36,37)/i21D2. The minimum Gasteiger partial charge on any atom is -0.478 e. The number of nitrogens with one attached hydrogen (secondary N) is 1. The van der Waals surface area contributed by atoms with Crippen LogP contribution in [-0.2, 0) is 11.2 Å². The molecule has 0 unspecified atom stereocenters. The molecule has 3 aromatic carbocycles. The second-order valence-corrected chi connectivity index (χ2v) is 10.2. The van der Waals surface area contributed by atoms with E-state index in [4.69, 9.17) is 2.74 Å². The Kier molecular flexibility index (Phi) is 7.77. The summed E-state index contributed by atoms with van der Waals surface area (Å²) in [6.45, 7) is 4.10. The zero-order chi connectivity index (χ0) is 28.2. The van der Waals surface area contributed by atoms with Gasteiger partial charge >= 0.3 is 5.97 Å². The van der Waals surface area contributed by atoms with Crippen LogP contribution in [0.15, 0.2) is 66.7 Å². The molecular formula is C32H38N2O3. The molecule has 5 heteroatoms. The predicted molar refractivity (Wildman–Crippen MR) is 151 cm³/mol. The number of carboxylic acid groups (broad SMARTS) is 1. The molecule has 4 rings (SSSR count). The fraction of sp³-hybridized carbons (Fsp3) is 0.375. The maximum atomic E-state index is 13.3. The summed E-state index contributed by atoms with van der Waals surface area (Å²) in [5.41, 5.74) is 4.47. The average molecular weight is 501 g/mol. The summed E-state index contributed by atoms with van der Waals surface area (Å²) in [6, 6.07) is 20.1. The Morgan fingerprint density at radius 2 is 1.73 bits per heavy atom. The number of hydrogen-bond donors (Lipinski definition) is 2. The number of carbonyl (C=O) groups excluding carboxylic acids is 1. The molecule has 0 aliphatic heterocycles. The highest BCUT2D eigenvalue weighted by atomic mass is 16.4. The molecule has 0 spiro atoms. The molecule has 5 nitrogen and oxygen atoms in total. The van der Waals surface area contributed by atoms with Crippen molar-refractivity contribution in [2.75, 3.05) is 16.7 Å². The smallest absolute Gasteiger partial charge is 0.336 e. The van der Waals surface area contributed by atoms with Gasteiger partial charge in [0.05, 0.1) is 23.4 Å². The van der Waals surface area contributed by atoms with Gasteiger partial charge in [-0.1, -0.05) is 87.2 Å². The third kappa shape index (κ3) is 6.79. The van der Waals surface area contributed by atoms with Crippen molar-refractivity contribution in [2.24, 2.45) is 5.92 Å². The van der Waals surface area contributed by atoms with E-state index >= 15 is 0 Å². The summed E-state index contributed by atoms with van der Waals surface area (Å²) in [5.74, 6) is -1.53. The van der Waals surface area contributed by atoms with Crippen molar-refractivity contribution in [3.05, 3.63) is 83.4 Å². The van der Waals surface area contributed by atoms with Gasteiger partial charge in [-0.2, -0.15) is 0 Å². The van der Waals surface area contributed by atoms with E-state index in [-0.39, 0.29) is 29.9 Å². The van der Waals surface area contributed by atoms with Crippen LogP contribution in [-0.4, -0.2) is 29.5 Å². The molecular weight excluding hydrogens is 460 g/mol. The molecule has 1 aliphatic rings. The lowest BCUT2D eigenvalue weighted by Gasteiger charge is -2.38. The quantitative estimate of drug-likeness (QED) is 0.323. The molecule has 0 radical (unpaired) electrons. The van der Waals surface area contributed by atoms with Crippen LogP contribution in [0.1, 0.15) is 70.2 Å². The number of aromatic carboxylic acids is 1. The first-order valence-corrected chi connectivity index (χ1v) is 13.2. The lowest BCUT2D eigenvalue weighted by molar-refractivity contribution is -0.115. The highest BCUT2D eigenvalue weighted by Gasteiger charge is 2.25. The van der Waals surface area contributed by atoms with Gasteiger partial charge in [-0.25, -0.2) is 4.79 Å². The maximum absolute atomic E-state index is 13.3. The number of aryl methyl sites for hydroxylation is 1. The summed E-state index contributed by atoms with van der Waals surface area (Å²) < 4.78 is 18.2. The minimum absolute atomic E-state index is 0.000978. The van der Waals surface area contributed by atoms with Gasteiger partial charge in [0.25, 0.3) is 0 Å². The van der Waals surface area contributed by atoms with Crippen LogP contribution in [0, 0.1) is 12.8 Å². The molecule has 1 fully saturated rings. The SMILES string of the molecule is [2H]C([2H])(C(C)C)N(c1ccc(-c2ccccc2C(=O)O)cc1NC(=O)Cc1ccc(C)cc1)C1CCCCC1. The summed E-state index contributed by atoms with van der Waals surface area (Å²) in [6.07, 6.45) is 5.15. The number of amides is 1. The van der Waals surface area contributed by atoms with Crippen LogP contribution in [0.5, 0.6) is 0 Å². The monoisotopic (exact) mass is 500 g/mol. The number of nitrogens with zero attached hydrogens (tertiary/aromatic N) is 1. The van der Waals surface area contributed by atoms with Gasteiger partial charge in [-0.05, 0) is 60.6 Å². The van der Waals surface area contributed by atoms with E-state index in [2.05, 4.69) is 5.32 Å². The number of carboxylic acids is 1. The van der Waals surface area contributed by atoms with Crippen LogP contribution < -0.4 is 10.2 Å². The number of rotatable bonds is 9. The topological polar surface area (TPSA) is 69.6 Å². The van der Waals surface area contributed by atoms with Gasteiger partial charge in [0, 0.05) is 15.3 Å². The first-order chi connectivity index (χ1) is 18.6. The van der Waals surface area contributed by atoms with E-state index in [0.717, 1.165) is 43.2 Å². The van der Waals surface area contributed by atoms with Crippen molar-refractivity contribution in [1.82, 2.24) is 0 Å². The first-order valence-electron chi connectivity index (χ1n) is 14.2. The Morgan fingerprint density at radius 1 is 1.03 bits per heavy atom. The molecule has 0 saturated heterocycles. The van der Waals surface area contributed by atoms with Gasteiger partial charge in [0.15, 0.2) is 0 Å². The fourth-order valence-corrected chi connectivity index (χ4v) is 5.01. The summed E-state index contributed by atoms with van der Waals surface area (Å²) in [4.78, 5) is 27.1. The highest BCUT2D eigenvalue weighted by molar-refractivity contribution is 5.99. The largest absolute Gasteiger partial charge is 0.478 e. The van der Waals surface area contributed by atoms with Gasteiger partial charge < -0.3 is 15.3 Å². The van der Waals surface area contributed by atoms with E-state index in [9.17, 15) is 14.7 Å².